The minimum atomic E-state index is -0.848. The second-order valence-corrected chi connectivity index (χ2v) is 7.95. The Morgan fingerprint density at radius 1 is 1.00 bits per heavy atom. The molecule has 0 atom stereocenters. The number of aromatic amines is 1. The lowest BCUT2D eigenvalue weighted by molar-refractivity contribution is -0.136. The number of benzene rings is 2. The van der Waals surface area contributed by atoms with Crippen molar-refractivity contribution in [1.82, 2.24) is 25.6 Å². The van der Waals surface area contributed by atoms with Gasteiger partial charge in [0.15, 0.2) is 0 Å². The number of carboxylic acid groups (broad SMARTS) is 1. The number of nitrogens with one attached hydrogen (secondary N) is 3. The number of amides is 1. The summed E-state index contributed by atoms with van der Waals surface area (Å²) < 4.78 is 0. The number of anilines is 2. The first-order valence-electron chi connectivity index (χ1n) is 11.5. The van der Waals surface area contributed by atoms with Gasteiger partial charge in [0.25, 0.3) is 5.91 Å². The molecule has 1 amide bonds. The average Bonchev–Trinajstić information content (AvgIpc) is 3.32. The molecule has 0 spiro atoms. The van der Waals surface area contributed by atoms with Crippen molar-refractivity contribution in [1.29, 1.82) is 0 Å². The Hall–Kier alpha value is -4.24. The third kappa shape index (κ3) is 5.82. The van der Waals surface area contributed by atoms with Gasteiger partial charge in [-0.2, -0.15) is 0 Å². The minimum Gasteiger partial charge on any atom is -0.481 e. The Kier molecular flexibility index (Phi) is 7.69. The summed E-state index contributed by atoms with van der Waals surface area (Å²) in [6, 6.07) is 19.5. The van der Waals surface area contributed by atoms with Crippen molar-refractivity contribution in [3.63, 3.8) is 0 Å². The first-order valence-corrected chi connectivity index (χ1v) is 11.5. The molecule has 0 unspecified atom stereocenters. The molecular weight excluding hydrogens is 444 g/mol. The van der Waals surface area contributed by atoms with Crippen LogP contribution in [0.3, 0.4) is 0 Å². The van der Waals surface area contributed by atoms with Crippen LogP contribution in [-0.4, -0.2) is 58.1 Å². The van der Waals surface area contributed by atoms with Crippen LogP contribution < -0.4 is 15.5 Å². The summed E-state index contributed by atoms with van der Waals surface area (Å²) in [4.78, 5) is 37.4. The predicted molar refractivity (Wildman–Crippen MR) is 136 cm³/mol. The van der Waals surface area contributed by atoms with E-state index in [9.17, 15) is 9.59 Å². The molecular formula is C26H28N6O3. The van der Waals surface area contributed by atoms with E-state index in [0.29, 0.717) is 25.2 Å². The van der Waals surface area contributed by atoms with Gasteiger partial charge in [-0.1, -0.05) is 30.3 Å². The molecule has 4 aromatic rings. The number of aromatic nitrogens is 3. The summed E-state index contributed by atoms with van der Waals surface area (Å²) in [6.07, 6.45) is 1.62. The maximum absolute atomic E-state index is 12.4. The molecule has 0 saturated carbocycles. The SMILES string of the molecule is CCN(c1ccccc1)c1ncnc2[nH]c(-c3ccc(C(=O)NCCNCCC(=O)O)cc3)cc12. The van der Waals surface area contributed by atoms with Crippen LogP contribution in [0.5, 0.6) is 0 Å². The normalized spacial score (nSPS) is 10.9. The topological polar surface area (TPSA) is 123 Å². The molecule has 35 heavy (non-hydrogen) atoms. The van der Waals surface area contributed by atoms with Crippen molar-refractivity contribution >= 4 is 34.4 Å². The molecule has 0 saturated heterocycles. The zero-order chi connectivity index (χ0) is 24.6. The van der Waals surface area contributed by atoms with E-state index in [-0.39, 0.29) is 12.3 Å². The lowest BCUT2D eigenvalue weighted by atomic mass is 10.1. The fourth-order valence-electron chi connectivity index (χ4n) is 3.85. The molecule has 9 heteroatoms. The van der Waals surface area contributed by atoms with Crippen LogP contribution in [0.1, 0.15) is 23.7 Å². The number of H-pyrrole nitrogens is 1. The first-order chi connectivity index (χ1) is 17.1. The number of hydrogen-bond donors (Lipinski definition) is 4. The van der Waals surface area contributed by atoms with Gasteiger partial charge in [0.1, 0.15) is 17.8 Å². The summed E-state index contributed by atoms with van der Waals surface area (Å²) in [5.74, 6) is -0.194. The molecule has 0 aliphatic carbocycles. The van der Waals surface area contributed by atoms with E-state index >= 15 is 0 Å². The third-order valence-electron chi connectivity index (χ3n) is 5.61. The van der Waals surface area contributed by atoms with Crippen molar-refractivity contribution in [2.45, 2.75) is 13.3 Å². The van der Waals surface area contributed by atoms with Crippen molar-refractivity contribution in [3.8, 4) is 11.3 Å². The maximum atomic E-state index is 12.4. The summed E-state index contributed by atoms with van der Waals surface area (Å²) in [7, 11) is 0. The van der Waals surface area contributed by atoms with Gasteiger partial charge in [-0.15, -0.1) is 0 Å². The van der Waals surface area contributed by atoms with Gasteiger partial charge < -0.3 is 25.6 Å². The molecule has 9 nitrogen and oxygen atoms in total. The first kappa shape index (κ1) is 23.9. The summed E-state index contributed by atoms with van der Waals surface area (Å²) in [5.41, 5.74) is 4.18. The number of para-hydroxylation sites is 1. The quantitative estimate of drug-likeness (QED) is 0.246. The second-order valence-electron chi connectivity index (χ2n) is 7.95. The van der Waals surface area contributed by atoms with E-state index in [4.69, 9.17) is 5.11 Å². The number of hydrogen-bond acceptors (Lipinski definition) is 6. The van der Waals surface area contributed by atoms with E-state index < -0.39 is 5.97 Å². The van der Waals surface area contributed by atoms with Crippen LogP contribution in [0.15, 0.2) is 67.0 Å². The maximum Gasteiger partial charge on any atom is 0.304 e. The highest BCUT2D eigenvalue weighted by Gasteiger charge is 2.16. The average molecular weight is 473 g/mol. The molecule has 2 heterocycles. The van der Waals surface area contributed by atoms with Crippen LogP contribution in [-0.2, 0) is 4.79 Å². The highest BCUT2D eigenvalue weighted by molar-refractivity contribution is 5.96. The smallest absolute Gasteiger partial charge is 0.304 e. The van der Waals surface area contributed by atoms with Crippen LogP contribution >= 0.6 is 0 Å². The van der Waals surface area contributed by atoms with Crippen LogP contribution in [0.4, 0.5) is 11.5 Å². The van der Waals surface area contributed by atoms with E-state index in [1.807, 2.05) is 36.4 Å². The number of carboxylic acids is 1. The Balaban J connectivity index is 1.46. The molecule has 0 radical (unpaired) electrons. The van der Waals surface area contributed by atoms with Gasteiger partial charge in [0.2, 0.25) is 0 Å². The van der Waals surface area contributed by atoms with Crippen molar-refractivity contribution in [2.24, 2.45) is 0 Å². The standard InChI is InChI=1S/C26H28N6O3/c1-2-32(20-6-4-3-5-7-20)25-21-16-22(31-24(21)29-17-30-25)18-8-10-19(11-9-18)26(35)28-15-14-27-13-12-23(33)34/h3-11,16-17,27H,2,12-15H2,1H3,(H,28,35)(H,33,34)(H,29,30,31). The number of nitrogens with zero attached hydrogens (tertiary/aromatic N) is 3. The summed E-state index contributed by atoms with van der Waals surface area (Å²) in [5, 5.41) is 15.4. The summed E-state index contributed by atoms with van der Waals surface area (Å²) >= 11 is 0. The van der Waals surface area contributed by atoms with Gasteiger partial charge in [-0.3, -0.25) is 9.59 Å². The lowest BCUT2D eigenvalue weighted by Crippen LogP contribution is -2.32. The van der Waals surface area contributed by atoms with E-state index in [0.717, 1.165) is 40.3 Å². The van der Waals surface area contributed by atoms with Crippen molar-refractivity contribution in [3.05, 3.63) is 72.6 Å². The predicted octanol–water partition coefficient (Wildman–Crippen LogP) is 3.58. The minimum absolute atomic E-state index is 0.0545. The molecule has 180 valence electrons. The van der Waals surface area contributed by atoms with E-state index in [1.165, 1.54) is 0 Å². The highest BCUT2D eigenvalue weighted by Crippen LogP contribution is 2.32. The molecule has 4 N–H and O–H groups in total. The second kappa shape index (κ2) is 11.3. The number of fused-ring (bicyclic) bond motifs is 1. The number of aliphatic carboxylic acids is 1. The highest BCUT2D eigenvalue weighted by atomic mass is 16.4. The largest absolute Gasteiger partial charge is 0.481 e. The number of rotatable bonds is 11. The van der Waals surface area contributed by atoms with Crippen LogP contribution in [0, 0.1) is 0 Å². The molecule has 0 bridgehead atoms. The van der Waals surface area contributed by atoms with Crippen molar-refractivity contribution in [2.75, 3.05) is 31.1 Å². The molecule has 0 aliphatic heterocycles. The van der Waals surface area contributed by atoms with E-state index in [2.05, 4.69) is 49.5 Å². The molecule has 4 rings (SSSR count). The van der Waals surface area contributed by atoms with Gasteiger partial charge in [-0.25, -0.2) is 9.97 Å². The molecule has 0 fully saturated rings. The Morgan fingerprint density at radius 2 is 1.77 bits per heavy atom. The molecule has 0 aliphatic rings. The van der Waals surface area contributed by atoms with E-state index in [1.54, 1.807) is 18.5 Å². The number of carbonyl (C=O) groups is 2. The van der Waals surface area contributed by atoms with Gasteiger partial charge in [-0.05, 0) is 42.8 Å². The van der Waals surface area contributed by atoms with Crippen LogP contribution in [0.25, 0.3) is 22.3 Å². The van der Waals surface area contributed by atoms with Gasteiger partial charge >= 0.3 is 5.97 Å². The fraction of sp³-hybridized carbons (Fsp3) is 0.231. The fourth-order valence-corrected chi connectivity index (χ4v) is 3.85. The monoisotopic (exact) mass is 472 g/mol. The Morgan fingerprint density at radius 3 is 2.49 bits per heavy atom. The molecule has 2 aromatic carbocycles. The third-order valence-corrected chi connectivity index (χ3v) is 5.61. The Labute approximate surface area is 203 Å². The Bertz CT molecular complexity index is 1290. The zero-order valence-corrected chi connectivity index (χ0v) is 19.5. The van der Waals surface area contributed by atoms with Gasteiger partial charge in [0, 0.05) is 43.1 Å². The van der Waals surface area contributed by atoms with Crippen LogP contribution in [0.2, 0.25) is 0 Å². The molecule has 2 aromatic heterocycles. The lowest BCUT2D eigenvalue weighted by Gasteiger charge is -2.22. The van der Waals surface area contributed by atoms with Crippen molar-refractivity contribution < 1.29 is 14.7 Å². The van der Waals surface area contributed by atoms with Gasteiger partial charge in [0.05, 0.1) is 11.8 Å². The number of carbonyl (C=O) groups excluding carboxylic acids is 1. The summed E-state index contributed by atoms with van der Waals surface area (Å²) in [6.45, 7) is 4.14. The zero-order valence-electron chi connectivity index (χ0n) is 19.5.